The van der Waals surface area contributed by atoms with Gasteiger partial charge in [0.1, 0.15) is 6.04 Å². The number of hydrogen-bond donors (Lipinski definition) is 4. The minimum Gasteiger partial charge on any atom is -0.352 e. The van der Waals surface area contributed by atoms with Gasteiger partial charge in [-0.15, -0.1) is 0 Å². The molecule has 8 heteroatoms. The number of H-pyrrole nitrogens is 1. The van der Waals surface area contributed by atoms with Crippen molar-refractivity contribution in [3.63, 3.8) is 0 Å². The Kier molecular flexibility index (Phi) is 7.79. The molecule has 0 saturated heterocycles. The molecule has 124 valence electrons. The van der Waals surface area contributed by atoms with Gasteiger partial charge in [0.05, 0.1) is 0 Å². The van der Waals surface area contributed by atoms with Crippen LogP contribution < -0.4 is 16.4 Å². The Balaban J connectivity index is 2.66. The summed E-state index contributed by atoms with van der Waals surface area (Å²) in [6, 6.07) is 0.465. The fraction of sp³-hybridized carbons (Fsp3) is 0.643. The molecule has 0 spiro atoms. The number of nitrogens with one attached hydrogen (secondary N) is 3. The number of aromatic nitrogens is 2. The molecule has 0 aliphatic rings. The lowest BCUT2D eigenvalue weighted by molar-refractivity contribution is -0.118. The SMILES string of the molecule is CCC[C@@H](C)c1cc(NC(=O)[C@@H](CCSC)NC(N)=O)n[nH]1. The molecule has 0 bridgehead atoms. The monoisotopic (exact) mass is 327 g/mol. The van der Waals surface area contributed by atoms with Crippen LogP contribution in [0.5, 0.6) is 0 Å². The smallest absolute Gasteiger partial charge is 0.312 e. The van der Waals surface area contributed by atoms with Crippen LogP contribution in [0.4, 0.5) is 10.6 Å². The van der Waals surface area contributed by atoms with Gasteiger partial charge in [0.15, 0.2) is 5.82 Å². The van der Waals surface area contributed by atoms with Crippen molar-refractivity contribution >= 4 is 29.5 Å². The molecule has 7 nitrogen and oxygen atoms in total. The Morgan fingerprint density at radius 3 is 2.77 bits per heavy atom. The van der Waals surface area contributed by atoms with Crippen LogP contribution in [0, 0.1) is 0 Å². The molecule has 1 heterocycles. The Hall–Kier alpha value is -1.70. The molecule has 22 heavy (non-hydrogen) atoms. The molecule has 0 aromatic carbocycles. The van der Waals surface area contributed by atoms with Gasteiger partial charge in [-0.05, 0) is 30.8 Å². The lowest BCUT2D eigenvalue weighted by atomic mass is 10.0. The van der Waals surface area contributed by atoms with E-state index >= 15 is 0 Å². The molecule has 0 radical (unpaired) electrons. The molecule has 5 N–H and O–H groups in total. The minimum absolute atomic E-state index is 0.311. The first-order valence-electron chi connectivity index (χ1n) is 7.39. The van der Waals surface area contributed by atoms with Crippen molar-refractivity contribution in [2.45, 2.75) is 45.1 Å². The lowest BCUT2D eigenvalue weighted by Gasteiger charge is -2.15. The lowest BCUT2D eigenvalue weighted by Crippen LogP contribution is -2.46. The maximum Gasteiger partial charge on any atom is 0.312 e. The average molecular weight is 327 g/mol. The fourth-order valence-corrected chi connectivity index (χ4v) is 2.60. The van der Waals surface area contributed by atoms with Crippen LogP contribution in [0.1, 0.15) is 44.7 Å². The number of hydrogen-bond acceptors (Lipinski definition) is 4. The number of carbonyl (C=O) groups is 2. The van der Waals surface area contributed by atoms with Gasteiger partial charge in [0.2, 0.25) is 5.91 Å². The molecule has 0 aliphatic carbocycles. The van der Waals surface area contributed by atoms with E-state index in [9.17, 15) is 9.59 Å². The van der Waals surface area contributed by atoms with Crippen LogP contribution >= 0.6 is 11.8 Å². The summed E-state index contributed by atoms with van der Waals surface area (Å²) in [5.41, 5.74) is 6.10. The summed E-state index contributed by atoms with van der Waals surface area (Å²) in [4.78, 5) is 23.2. The summed E-state index contributed by atoms with van der Waals surface area (Å²) in [7, 11) is 0. The fourth-order valence-electron chi connectivity index (χ4n) is 2.13. The predicted octanol–water partition coefficient (Wildman–Crippen LogP) is 2.04. The molecule has 0 fully saturated rings. The number of nitrogens with two attached hydrogens (primary N) is 1. The second-order valence-electron chi connectivity index (χ2n) is 5.23. The molecule has 2 atom stereocenters. The van der Waals surface area contributed by atoms with E-state index in [0.717, 1.165) is 24.3 Å². The standard InChI is InChI=1S/C14H25N5O2S/c1-4-5-9(2)11-8-12(19-18-11)17-13(20)10(6-7-22-3)16-14(15)21/h8-10H,4-7H2,1-3H3,(H3,15,16,21)(H2,17,18,19,20)/t9-,10-/m1/s1. The van der Waals surface area contributed by atoms with Crippen molar-refractivity contribution in [3.05, 3.63) is 11.8 Å². The van der Waals surface area contributed by atoms with Crippen molar-refractivity contribution in [2.75, 3.05) is 17.3 Å². The van der Waals surface area contributed by atoms with Gasteiger partial charge < -0.3 is 16.4 Å². The van der Waals surface area contributed by atoms with E-state index in [4.69, 9.17) is 5.73 Å². The van der Waals surface area contributed by atoms with Crippen LogP contribution in [0.3, 0.4) is 0 Å². The van der Waals surface area contributed by atoms with E-state index in [1.165, 1.54) is 0 Å². The van der Waals surface area contributed by atoms with Gasteiger partial charge in [0, 0.05) is 11.8 Å². The summed E-state index contributed by atoms with van der Waals surface area (Å²) in [5, 5.41) is 12.2. The van der Waals surface area contributed by atoms with Crippen molar-refractivity contribution in [2.24, 2.45) is 5.73 Å². The molecule has 1 aromatic heterocycles. The van der Waals surface area contributed by atoms with Crippen LogP contribution in [0.15, 0.2) is 6.07 Å². The number of carbonyl (C=O) groups excluding carboxylic acids is 2. The largest absolute Gasteiger partial charge is 0.352 e. The number of rotatable bonds is 9. The highest BCUT2D eigenvalue weighted by atomic mass is 32.2. The molecule has 0 unspecified atom stereocenters. The summed E-state index contributed by atoms with van der Waals surface area (Å²) < 4.78 is 0. The molecule has 0 saturated carbocycles. The third kappa shape index (κ3) is 5.97. The summed E-state index contributed by atoms with van der Waals surface area (Å²) in [6.45, 7) is 4.24. The Morgan fingerprint density at radius 2 is 2.18 bits per heavy atom. The second-order valence-corrected chi connectivity index (χ2v) is 6.22. The Morgan fingerprint density at radius 1 is 1.45 bits per heavy atom. The molecule has 0 aliphatic heterocycles. The first-order chi connectivity index (χ1) is 10.5. The maximum absolute atomic E-state index is 12.2. The van der Waals surface area contributed by atoms with Crippen molar-refractivity contribution in [1.29, 1.82) is 0 Å². The van der Waals surface area contributed by atoms with Gasteiger partial charge in [-0.25, -0.2) is 4.79 Å². The Bertz CT molecular complexity index is 491. The molecular weight excluding hydrogens is 302 g/mol. The number of amides is 3. The van der Waals surface area contributed by atoms with Crippen LogP contribution in [-0.4, -0.2) is 40.2 Å². The van der Waals surface area contributed by atoms with E-state index < -0.39 is 12.1 Å². The first-order valence-corrected chi connectivity index (χ1v) is 8.78. The third-order valence-electron chi connectivity index (χ3n) is 3.35. The predicted molar refractivity (Wildman–Crippen MR) is 90.0 cm³/mol. The highest BCUT2D eigenvalue weighted by Gasteiger charge is 2.20. The van der Waals surface area contributed by atoms with E-state index in [1.54, 1.807) is 11.8 Å². The molecule has 3 amide bonds. The Labute approximate surface area is 135 Å². The normalized spacial score (nSPS) is 13.4. The number of aromatic amines is 1. The van der Waals surface area contributed by atoms with E-state index in [2.05, 4.69) is 34.7 Å². The van der Waals surface area contributed by atoms with Gasteiger partial charge in [0.25, 0.3) is 0 Å². The van der Waals surface area contributed by atoms with Gasteiger partial charge in [-0.1, -0.05) is 20.3 Å². The van der Waals surface area contributed by atoms with Gasteiger partial charge in [-0.2, -0.15) is 16.9 Å². The average Bonchev–Trinajstić information content (AvgIpc) is 2.91. The van der Waals surface area contributed by atoms with Crippen LogP contribution in [-0.2, 0) is 4.79 Å². The number of nitrogens with zero attached hydrogens (tertiary/aromatic N) is 1. The summed E-state index contributed by atoms with van der Waals surface area (Å²) in [6.07, 6.45) is 4.59. The highest BCUT2D eigenvalue weighted by molar-refractivity contribution is 7.98. The third-order valence-corrected chi connectivity index (χ3v) is 3.99. The number of primary amides is 1. The summed E-state index contributed by atoms with van der Waals surface area (Å²) >= 11 is 1.60. The van der Waals surface area contributed by atoms with E-state index in [0.29, 0.717) is 18.2 Å². The topological polar surface area (TPSA) is 113 Å². The number of urea groups is 1. The second kappa shape index (κ2) is 9.34. The summed E-state index contributed by atoms with van der Waals surface area (Å²) in [5.74, 6) is 1.26. The van der Waals surface area contributed by atoms with Crippen molar-refractivity contribution in [3.8, 4) is 0 Å². The van der Waals surface area contributed by atoms with Crippen molar-refractivity contribution < 1.29 is 9.59 Å². The zero-order chi connectivity index (χ0) is 16.5. The van der Waals surface area contributed by atoms with Crippen molar-refractivity contribution in [1.82, 2.24) is 15.5 Å². The minimum atomic E-state index is -0.708. The molecular formula is C14H25N5O2S. The zero-order valence-corrected chi connectivity index (χ0v) is 14.1. The number of thioether (sulfide) groups is 1. The molecule has 1 rings (SSSR count). The highest BCUT2D eigenvalue weighted by Crippen LogP contribution is 2.20. The molecule has 1 aromatic rings. The first kappa shape index (κ1) is 18.3. The zero-order valence-electron chi connectivity index (χ0n) is 13.3. The van der Waals surface area contributed by atoms with Gasteiger partial charge >= 0.3 is 6.03 Å². The van der Waals surface area contributed by atoms with E-state index in [1.807, 2.05) is 12.3 Å². The quantitative estimate of drug-likeness (QED) is 0.556. The van der Waals surface area contributed by atoms with Gasteiger partial charge in [-0.3, -0.25) is 9.89 Å². The maximum atomic E-state index is 12.2. The number of anilines is 1. The van der Waals surface area contributed by atoms with E-state index in [-0.39, 0.29) is 5.91 Å². The van der Waals surface area contributed by atoms with Crippen LogP contribution in [0.2, 0.25) is 0 Å². The van der Waals surface area contributed by atoms with Crippen LogP contribution in [0.25, 0.3) is 0 Å².